The Labute approximate surface area is 126 Å². The highest BCUT2D eigenvalue weighted by Crippen LogP contribution is 2.40. The molecule has 2 aromatic carbocycles. The molecular formula is C19H21NO. The van der Waals surface area contributed by atoms with E-state index in [9.17, 15) is 4.79 Å². The van der Waals surface area contributed by atoms with E-state index in [0.29, 0.717) is 6.54 Å². The second kappa shape index (κ2) is 5.36. The lowest BCUT2D eigenvalue weighted by Crippen LogP contribution is -2.31. The van der Waals surface area contributed by atoms with E-state index in [4.69, 9.17) is 0 Å². The molecular weight excluding hydrogens is 258 g/mol. The number of rotatable bonds is 2. The van der Waals surface area contributed by atoms with Gasteiger partial charge in [-0.1, -0.05) is 44.2 Å². The molecule has 21 heavy (non-hydrogen) atoms. The Morgan fingerprint density at radius 2 is 1.71 bits per heavy atom. The van der Waals surface area contributed by atoms with Crippen molar-refractivity contribution in [3.8, 4) is 11.1 Å². The lowest BCUT2D eigenvalue weighted by molar-refractivity contribution is -0.116. The zero-order valence-electron chi connectivity index (χ0n) is 12.9. The Bertz CT molecular complexity index is 703. The summed E-state index contributed by atoms with van der Waals surface area (Å²) in [6.07, 6.45) is 2.09. The zero-order chi connectivity index (χ0) is 15.0. The summed E-state index contributed by atoms with van der Waals surface area (Å²) in [7, 11) is 0. The van der Waals surface area contributed by atoms with Gasteiger partial charge in [0.1, 0.15) is 0 Å². The normalized spacial score (nSPS) is 12.8. The van der Waals surface area contributed by atoms with Gasteiger partial charge in [-0.05, 0) is 41.2 Å². The Morgan fingerprint density at radius 1 is 1.05 bits per heavy atom. The van der Waals surface area contributed by atoms with Crippen LogP contribution in [0, 0.1) is 0 Å². The zero-order valence-corrected chi connectivity index (χ0v) is 12.9. The van der Waals surface area contributed by atoms with Crippen LogP contribution in [0.4, 0.5) is 5.69 Å². The number of benzene rings is 2. The van der Waals surface area contributed by atoms with E-state index in [1.165, 1.54) is 27.8 Å². The monoisotopic (exact) mass is 279 g/mol. The van der Waals surface area contributed by atoms with Gasteiger partial charge in [0.15, 0.2) is 0 Å². The molecule has 0 saturated heterocycles. The van der Waals surface area contributed by atoms with Crippen molar-refractivity contribution in [1.29, 1.82) is 0 Å². The van der Waals surface area contributed by atoms with Crippen LogP contribution in [0.15, 0.2) is 36.4 Å². The maximum absolute atomic E-state index is 12.0. The molecule has 0 saturated carbocycles. The summed E-state index contributed by atoms with van der Waals surface area (Å²) >= 11 is 0. The highest BCUT2D eigenvalue weighted by molar-refractivity contribution is 5.99. The van der Waals surface area contributed by atoms with Crippen LogP contribution in [0.3, 0.4) is 0 Å². The average molecular weight is 279 g/mol. The van der Waals surface area contributed by atoms with E-state index in [1.54, 1.807) is 6.92 Å². The third-order valence-corrected chi connectivity index (χ3v) is 4.38. The summed E-state index contributed by atoms with van der Waals surface area (Å²) in [5.41, 5.74) is 7.58. The standard InChI is InChI=1S/C19H21NO/c1-4-14-10-16-12-20(13(3)21)19-9-7-6-8-17(19)18(16)11-15(14)5-2/h6-11H,4-5,12H2,1-3H3. The third kappa shape index (κ3) is 2.25. The fraction of sp³-hybridized carbons (Fsp3) is 0.316. The fourth-order valence-corrected chi connectivity index (χ4v) is 3.25. The SMILES string of the molecule is CCc1cc2c(cc1CC)-c1ccccc1N(C(C)=O)C2. The Hall–Kier alpha value is -2.09. The van der Waals surface area contributed by atoms with Gasteiger partial charge >= 0.3 is 0 Å². The lowest BCUT2D eigenvalue weighted by atomic mass is 9.88. The second-order valence-electron chi connectivity index (χ2n) is 5.61. The van der Waals surface area contributed by atoms with Crippen molar-refractivity contribution in [2.45, 2.75) is 40.2 Å². The number of amides is 1. The molecule has 0 spiro atoms. The smallest absolute Gasteiger partial charge is 0.224 e. The van der Waals surface area contributed by atoms with Crippen LogP contribution in [0.25, 0.3) is 11.1 Å². The number of anilines is 1. The molecule has 0 radical (unpaired) electrons. The summed E-state index contributed by atoms with van der Waals surface area (Å²) in [5.74, 6) is 0.103. The third-order valence-electron chi connectivity index (χ3n) is 4.38. The van der Waals surface area contributed by atoms with Crippen molar-refractivity contribution >= 4 is 11.6 Å². The average Bonchev–Trinajstić information content (AvgIpc) is 2.52. The molecule has 0 fully saturated rings. The van der Waals surface area contributed by atoms with Crippen LogP contribution >= 0.6 is 0 Å². The highest BCUT2D eigenvalue weighted by Gasteiger charge is 2.24. The second-order valence-corrected chi connectivity index (χ2v) is 5.61. The minimum absolute atomic E-state index is 0.103. The number of hydrogen-bond acceptors (Lipinski definition) is 1. The summed E-state index contributed by atoms with van der Waals surface area (Å²) in [4.78, 5) is 13.9. The largest absolute Gasteiger partial charge is 0.308 e. The first-order valence-corrected chi connectivity index (χ1v) is 7.67. The molecule has 2 nitrogen and oxygen atoms in total. The molecule has 1 aliphatic rings. The van der Waals surface area contributed by atoms with Gasteiger partial charge in [-0.2, -0.15) is 0 Å². The number of nitrogens with zero attached hydrogens (tertiary/aromatic N) is 1. The predicted molar refractivity (Wildman–Crippen MR) is 87.5 cm³/mol. The van der Waals surface area contributed by atoms with Gasteiger partial charge in [-0.25, -0.2) is 0 Å². The first kappa shape index (κ1) is 13.9. The number of fused-ring (bicyclic) bond motifs is 3. The number of carbonyl (C=O) groups excluding carboxylic acids is 1. The molecule has 0 aromatic heterocycles. The van der Waals surface area contributed by atoms with E-state index in [2.05, 4.69) is 32.0 Å². The van der Waals surface area contributed by atoms with Crippen LogP contribution in [-0.2, 0) is 24.2 Å². The molecule has 0 aliphatic carbocycles. The topological polar surface area (TPSA) is 20.3 Å². The number of para-hydroxylation sites is 1. The Balaban J connectivity index is 2.24. The van der Waals surface area contributed by atoms with Gasteiger partial charge in [0.05, 0.1) is 12.2 Å². The molecule has 2 aromatic rings. The predicted octanol–water partition coefficient (Wildman–Crippen LogP) is 4.34. The lowest BCUT2D eigenvalue weighted by Gasteiger charge is -2.31. The van der Waals surface area contributed by atoms with Crippen LogP contribution in [0.2, 0.25) is 0 Å². The quantitative estimate of drug-likeness (QED) is 0.800. The number of carbonyl (C=O) groups is 1. The summed E-state index contributed by atoms with van der Waals surface area (Å²) in [5, 5.41) is 0. The molecule has 2 heteroatoms. The van der Waals surface area contributed by atoms with Crippen molar-refractivity contribution < 1.29 is 4.79 Å². The number of hydrogen-bond donors (Lipinski definition) is 0. The molecule has 0 atom stereocenters. The van der Waals surface area contributed by atoms with Gasteiger partial charge in [0, 0.05) is 12.5 Å². The van der Waals surface area contributed by atoms with Gasteiger partial charge in [0.2, 0.25) is 5.91 Å². The highest BCUT2D eigenvalue weighted by atomic mass is 16.2. The van der Waals surface area contributed by atoms with Crippen molar-refractivity contribution in [3.63, 3.8) is 0 Å². The molecule has 1 amide bonds. The molecule has 0 N–H and O–H groups in total. The van der Waals surface area contributed by atoms with E-state index in [1.807, 2.05) is 23.1 Å². The maximum atomic E-state index is 12.0. The van der Waals surface area contributed by atoms with Crippen molar-refractivity contribution in [2.24, 2.45) is 0 Å². The molecule has 3 rings (SSSR count). The minimum Gasteiger partial charge on any atom is -0.308 e. The maximum Gasteiger partial charge on any atom is 0.224 e. The van der Waals surface area contributed by atoms with Crippen molar-refractivity contribution in [1.82, 2.24) is 0 Å². The fourth-order valence-electron chi connectivity index (χ4n) is 3.25. The minimum atomic E-state index is 0.103. The summed E-state index contributed by atoms with van der Waals surface area (Å²) in [6.45, 7) is 6.72. The molecule has 0 bridgehead atoms. The Morgan fingerprint density at radius 3 is 2.38 bits per heavy atom. The molecule has 0 unspecified atom stereocenters. The van der Waals surface area contributed by atoms with E-state index < -0.39 is 0 Å². The summed E-state index contributed by atoms with van der Waals surface area (Å²) in [6, 6.07) is 12.8. The Kier molecular flexibility index (Phi) is 3.54. The molecule has 1 aliphatic heterocycles. The molecule has 108 valence electrons. The van der Waals surface area contributed by atoms with Gasteiger partial charge < -0.3 is 4.90 Å². The van der Waals surface area contributed by atoms with Crippen LogP contribution < -0.4 is 4.90 Å². The van der Waals surface area contributed by atoms with Crippen molar-refractivity contribution in [3.05, 3.63) is 53.1 Å². The first-order valence-electron chi connectivity index (χ1n) is 7.67. The van der Waals surface area contributed by atoms with Crippen molar-refractivity contribution in [2.75, 3.05) is 4.90 Å². The van der Waals surface area contributed by atoms with E-state index >= 15 is 0 Å². The van der Waals surface area contributed by atoms with Crippen LogP contribution in [-0.4, -0.2) is 5.91 Å². The van der Waals surface area contributed by atoms with Gasteiger partial charge in [-0.15, -0.1) is 0 Å². The van der Waals surface area contributed by atoms with E-state index in [0.717, 1.165) is 18.5 Å². The van der Waals surface area contributed by atoms with Gasteiger partial charge in [-0.3, -0.25) is 4.79 Å². The first-order chi connectivity index (χ1) is 10.2. The van der Waals surface area contributed by atoms with Crippen LogP contribution in [0.1, 0.15) is 37.5 Å². The van der Waals surface area contributed by atoms with Gasteiger partial charge in [0.25, 0.3) is 0 Å². The summed E-state index contributed by atoms with van der Waals surface area (Å²) < 4.78 is 0. The number of aryl methyl sites for hydroxylation is 2. The van der Waals surface area contributed by atoms with Crippen LogP contribution in [0.5, 0.6) is 0 Å². The van der Waals surface area contributed by atoms with E-state index in [-0.39, 0.29) is 5.91 Å². The molecule has 1 heterocycles.